The third-order valence-corrected chi connectivity index (χ3v) is 3.82. The lowest BCUT2D eigenvalue weighted by atomic mass is 10.1. The molecule has 1 N–H and O–H groups in total. The molecule has 0 radical (unpaired) electrons. The van der Waals surface area contributed by atoms with E-state index in [0.29, 0.717) is 22.9 Å². The van der Waals surface area contributed by atoms with Gasteiger partial charge in [0, 0.05) is 18.2 Å². The van der Waals surface area contributed by atoms with Crippen LogP contribution in [0, 0.1) is 0 Å². The van der Waals surface area contributed by atoms with Gasteiger partial charge in [0.1, 0.15) is 5.75 Å². The molecule has 2 aromatic rings. The smallest absolute Gasteiger partial charge is 0.387 e. The fraction of sp³-hybridized carbons (Fsp3) is 0.278. The average molecular weight is 386 g/mol. The Hall–Kier alpha value is -2.54. The maximum atomic E-state index is 12.4. The fourth-order valence-corrected chi connectivity index (χ4v) is 2.57. The first kappa shape index (κ1) is 19.8. The Morgan fingerprint density at radius 2 is 1.77 bits per heavy atom. The van der Waals surface area contributed by atoms with Crippen LogP contribution in [0.2, 0.25) is 5.02 Å². The van der Waals surface area contributed by atoms with Crippen LogP contribution in [0.15, 0.2) is 36.4 Å². The number of nitrogens with one attached hydrogen (secondary N) is 1. The van der Waals surface area contributed by atoms with E-state index < -0.39 is 6.61 Å². The standard InChI is InChI=1S/C18H18ClF2NO4/c1-24-14-6-3-11(9-13(14)19)4-8-17(23)22-12-5-7-15(25-2)16(10-12)26-18(20)21/h3,5-7,9-10,18H,4,8H2,1-2H3,(H,22,23). The molecule has 0 saturated carbocycles. The number of carbonyl (C=O) groups excluding carboxylic acids is 1. The van der Waals surface area contributed by atoms with Gasteiger partial charge in [0.2, 0.25) is 5.91 Å². The molecule has 2 rings (SSSR count). The molecule has 0 saturated heterocycles. The molecule has 0 aliphatic carbocycles. The summed E-state index contributed by atoms with van der Waals surface area (Å²) in [6.07, 6.45) is 0.659. The summed E-state index contributed by atoms with van der Waals surface area (Å²) < 4.78 is 39.3. The van der Waals surface area contributed by atoms with Crippen molar-refractivity contribution in [1.82, 2.24) is 0 Å². The summed E-state index contributed by atoms with van der Waals surface area (Å²) in [5.41, 5.74) is 1.21. The van der Waals surface area contributed by atoms with Gasteiger partial charge >= 0.3 is 6.61 Å². The lowest BCUT2D eigenvalue weighted by molar-refractivity contribution is -0.116. The zero-order valence-corrected chi connectivity index (χ0v) is 15.0. The number of amides is 1. The fourth-order valence-electron chi connectivity index (χ4n) is 2.29. The lowest BCUT2D eigenvalue weighted by Crippen LogP contribution is -2.13. The van der Waals surface area contributed by atoms with Gasteiger partial charge in [-0.05, 0) is 36.2 Å². The van der Waals surface area contributed by atoms with Gasteiger partial charge in [-0.3, -0.25) is 4.79 Å². The molecule has 0 aliphatic heterocycles. The van der Waals surface area contributed by atoms with Crippen LogP contribution < -0.4 is 19.5 Å². The Kier molecular flexibility index (Phi) is 7.03. The summed E-state index contributed by atoms with van der Waals surface area (Å²) in [6, 6.07) is 9.55. The molecule has 0 aliphatic rings. The first-order valence-electron chi connectivity index (χ1n) is 7.68. The Morgan fingerprint density at radius 1 is 1.08 bits per heavy atom. The van der Waals surface area contributed by atoms with Crippen LogP contribution in [0.5, 0.6) is 17.2 Å². The van der Waals surface area contributed by atoms with E-state index in [-0.39, 0.29) is 23.8 Å². The number of ether oxygens (including phenoxy) is 3. The normalized spacial score (nSPS) is 10.5. The molecule has 0 heterocycles. The molecular formula is C18H18ClF2NO4. The number of methoxy groups -OCH3 is 2. The minimum atomic E-state index is -2.99. The SMILES string of the molecule is COc1ccc(CCC(=O)Nc2ccc(OC)c(OC(F)F)c2)cc1Cl. The quantitative estimate of drug-likeness (QED) is 0.725. The van der Waals surface area contributed by atoms with E-state index in [1.807, 2.05) is 6.07 Å². The number of hydrogen-bond acceptors (Lipinski definition) is 4. The Balaban J connectivity index is 1.98. The first-order valence-corrected chi connectivity index (χ1v) is 8.06. The molecule has 0 atom stereocenters. The van der Waals surface area contributed by atoms with E-state index in [4.69, 9.17) is 21.1 Å². The highest BCUT2D eigenvalue weighted by Gasteiger charge is 2.13. The van der Waals surface area contributed by atoms with E-state index in [0.717, 1.165) is 5.56 Å². The number of aryl methyl sites for hydroxylation is 1. The van der Waals surface area contributed by atoms with Crippen molar-refractivity contribution in [2.75, 3.05) is 19.5 Å². The number of alkyl halides is 2. The second kappa shape index (κ2) is 9.24. The van der Waals surface area contributed by atoms with E-state index in [2.05, 4.69) is 10.1 Å². The Bertz CT molecular complexity index is 771. The summed E-state index contributed by atoms with van der Waals surface area (Å²) in [6.45, 7) is -2.99. The molecule has 140 valence electrons. The third-order valence-electron chi connectivity index (χ3n) is 3.52. The van der Waals surface area contributed by atoms with Crippen molar-refractivity contribution in [3.8, 4) is 17.2 Å². The predicted molar refractivity (Wildman–Crippen MR) is 94.6 cm³/mol. The van der Waals surface area contributed by atoms with Gasteiger partial charge in [0.15, 0.2) is 11.5 Å². The van der Waals surface area contributed by atoms with Gasteiger partial charge in [0.25, 0.3) is 0 Å². The highest BCUT2D eigenvalue weighted by atomic mass is 35.5. The van der Waals surface area contributed by atoms with Crippen LogP contribution in [0.4, 0.5) is 14.5 Å². The number of halogens is 3. The molecule has 26 heavy (non-hydrogen) atoms. The zero-order valence-electron chi connectivity index (χ0n) is 14.2. The summed E-state index contributed by atoms with van der Waals surface area (Å²) >= 11 is 6.05. The van der Waals surface area contributed by atoms with Gasteiger partial charge in [-0.25, -0.2) is 0 Å². The van der Waals surface area contributed by atoms with Gasteiger partial charge < -0.3 is 19.5 Å². The van der Waals surface area contributed by atoms with Crippen molar-refractivity contribution >= 4 is 23.2 Å². The molecule has 8 heteroatoms. The van der Waals surface area contributed by atoms with Crippen LogP contribution in [0.25, 0.3) is 0 Å². The summed E-state index contributed by atoms with van der Waals surface area (Å²) in [4.78, 5) is 12.1. The molecule has 1 amide bonds. The van der Waals surface area contributed by atoms with E-state index >= 15 is 0 Å². The second-order valence-electron chi connectivity index (χ2n) is 5.26. The monoisotopic (exact) mass is 385 g/mol. The van der Waals surface area contributed by atoms with Crippen LogP contribution in [0.1, 0.15) is 12.0 Å². The van der Waals surface area contributed by atoms with Gasteiger partial charge in [0.05, 0.1) is 19.2 Å². The molecule has 2 aromatic carbocycles. The second-order valence-corrected chi connectivity index (χ2v) is 5.67. The van der Waals surface area contributed by atoms with Crippen molar-refractivity contribution in [1.29, 1.82) is 0 Å². The number of anilines is 1. The van der Waals surface area contributed by atoms with Crippen molar-refractivity contribution in [2.45, 2.75) is 19.5 Å². The number of rotatable bonds is 8. The van der Waals surface area contributed by atoms with Crippen LogP contribution in [-0.4, -0.2) is 26.7 Å². The number of carbonyl (C=O) groups is 1. The largest absolute Gasteiger partial charge is 0.495 e. The first-order chi connectivity index (χ1) is 12.4. The number of benzene rings is 2. The Labute approximate surface area is 154 Å². The molecule has 0 unspecified atom stereocenters. The molecule has 0 spiro atoms. The Morgan fingerprint density at radius 3 is 2.38 bits per heavy atom. The topological polar surface area (TPSA) is 56.8 Å². The number of hydrogen-bond donors (Lipinski definition) is 1. The highest BCUT2D eigenvalue weighted by molar-refractivity contribution is 6.32. The summed E-state index contributed by atoms with van der Waals surface area (Å²) in [5, 5.41) is 3.10. The molecule has 0 aromatic heterocycles. The third kappa shape index (κ3) is 5.49. The van der Waals surface area contributed by atoms with Crippen molar-refractivity contribution in [2.24, 2.45) is 0 Å². The highest BCUT2D eigenvalue weighted by Crippen LogP contribution is 2.31. The van der Waals surface area contributed by atoms with E-state index in [1.165, 1.54) is 26.4 Å². The predicted octanol–water partition coefficient (Wildman–Crippen LogP) is 4.53. The lowest BCUT2D eigenvalue weighted by Gasteiger charge is -2.12. The van der Waals surface area contributed by atoms with Crippen LogP contribution in [-0.2, 0) is 11.2 Å². The van der Waals surface area contributed by atoms with Gasteiger partial charge in [-0.15, -0.1) is 0 Å². The summed E-state index contributed by atoms with van der Waals surface area (Å²) in [7, 11) is 2.86. The van der Waals surface area contributed by atoms with E-state index in [9.17, 15) is 13.6 Å². The molecular weight excluding hydrogens is 368 g/mol. The van der Waals surface area contributed by atoms with Crippen LogP contribution >= 0.6 is 11.6 Å². The van der Waals surface area contributed by atoms with Crippen molar-refractivity contribution < 1.29 is 27.8 Å². The van der Waals surface area contributed by atoms with Crippen LogP contribution in [0.3, 0.4) is 0 Å². The molecule has 5 nitrogen and oxygen atoms in total. The van der Waals surface area contributed by atoms with Crippen molar-refractivity contribution in [3.63, 3.8) is 0 Å². The zero-order chi connectivity index (χ0) is 19.1. The average Bonchev–Trinajstić information content (AvgIpc) is 2.60. The van der Waals surface area contributed by atoms with Gasteiger partial charge in [-0.2, -0.15) is 8.78 Å². The maximum absolute atomic E-state index is 12.4. The van der Waals surface area contributed by atoms with E-state index in [1.54, 1.807) is 18.2 Å². The minimum Gasteiger partial charge on any atom is -0.495 e. The van der Waals surface area contributed by atoms with Crippen molar-refractivity contribution in [3.05, 3.63) is 47.0 Å². The van der Waals surface area contributed by atoms with Gasteiger partial charge in [-0.1, -0.05) is 17.7 Å². The summed E-state index contributed by atoms with van der Waals surface area (Å²) in [5.74, 6) is 0.285. The minimum absolute atomic E-state index is 0.149. The maximum Gasteiger partial charge on any atom is 0.387 e. The molecule has 0 fully saturated rings. The molecule has 0 bridgehead atoms.